The molecule has 0 amide bonds. The first kappa shape index (κ1) is 11.0. The van der Waals surface area contributed by atoms with Crippen LogP contribution in [0.15, 0.2) is 30.8 Å². The molecule has 0 aromatic heterocycles. The van der Waals surface area contributed by atoms with Crippen molar-refractivity contribution in [2.24, 2.45) is 0 Å². The third kappa shape index (κ3) is 3.75. The van der Waals surface area contributed by atoms with Crippen molar-refractivity contribution >= 4 is 6.08 Å². The molecule has 1 heteroatoms. The SMILES string of the molecule is C=Cc1ccc(CCCN(C)C)cc1. The van der Waals surface area contributed by atoms with Gasteiger partial charge in [-0.05, 0) is 44.6 Å². The highest BCUT2D eigenvalue weighted by molar-refractivity contribution is 5.47. The molecule has 0 bridgehead atoms. The van der Waals surface area contributed by atoms with Crippen molar-refractivity contribution < 1.29 is 0 Å². The van der Waals surface area contributed by atoms with Gasteiger partial charge in [-0.1, -0.05) is 36.9 Å². The Bertz CT molecular complexity index is 272. The molecule has 0 atom stereocenters. The zero-order valence-electron chi connectivity index (χ0n) is 9.16. The summed E-state index contributed by atoms with van der Waals surface area (Å²) in [6, 6.07) is 8.62. The lowest BCUT2D eigenvalue weighted by atomic mass is 10.1. The third-order valence-electron chi connectivity index (χ3n) is 2.29. The molecule has 0 radical (unpaired) electrons. The van der Waals surface area contributed by atoms with Crippen LogP contribution in [0, 0.1) is 0 Å². The summed E-state index contributed by atoms with van der Waals surface area (Å²) in [5, 5.41) is 0. The zero-order chi connectivity index (χ0) is 10.4. The van der Waals surface area contributed by atoms with Gasteiger partial charge < -0.3 is 4.90 Å². The number of hydrogen-bond donors (Lipinski definition) is 0. The number of nitrogens with zero attached hydrogens (tertiary/aromatic N) is 1. The average molecular weight is 189 g/mol. The van der Waals surface area contributed by atoms with Crippen molar-refractivity contribution in [3.8, 4) is 0 Å². The summed E-state index contributed by atoms with van der Waals surface area (Å²) in [6.45, 7) is 4.90. The van der Waals surface area contributed by atoms with Crippen LogP contribution in [-0.2, 0) is 6.42 Å². The normalized spacial score (nSPS) is 10.5. The van der Waals surface area contributed by atoms with Crippen LogP contribution < -0.4 is 0 Å². The molecular weight excluding hydrogens is 170 g/mol. The van der Waals surface area contributed by atoms with Crippen molar-refractivity contribution in [2.45, 2.75) is 12.8 Å². The highest BCUT2D eigenvalue weighted by Gasteiger charge is 1.94. The minimum Gasteiger partial charge on any atom is -0.309 e. The molecule has 76 valence electrons. The first-order valence-corrected chi connectivity index (χ1v) is 5.08. The summed E-state index contributed by atoms with van der Waals surface area (Å²) in [5.74, 6) is 0. The predicted octanol–water partition coefficient (Wildman–Crippen LogP) is 2.82. The Morgan fingerprint density at radius 3 is 2.36 bits per heavy atom. The second-order valence-corrected chi connectivity index (χ2v) is 3.85. The van der Waals surface area contributed by atoms with Gasteiger partial charge in [0.05, 0.1) is 0 Å². The lowest BCUT2D eigenvalue weighted by molar-refractivity contribution is 0.400. The van der Waals surface area contributed by atoms with Crippen molar-refractivity contribution in [1.82, 2.24) is 4.90 Å². The zero-order valence-corrected chi connectivity index (χ0v) is 9.16. The molecule has 1 aromatic carbocycles. The van der Waals surface area contributed by atoms with E-state index in [1.54, 1.807) is 0 Å². The van der Waals surface area contributed by atoms with E-state index in [4.69, 9.17) is 0 Å². The molecule has 1 nitrogen and oxygen atoms in total. The van der Waals surface area contributed by atoms with Crippen molar-refractivity contribution in [3.05, 3.63) is 42.0 Å². The molecule has 14 heavy (non-hydrogen) atoms. The van der Waals surface area contributed by atoms with Crippen LogP contribution in [0.2, 0.25) is 0 Å². The number of hydrogen-bond acceptors (Lipinski definition) is 1. The summed E-state index contributed by atoms with van der Waals surface area (Å²) in [6.07, 6.45) is 4.26. The van der Waals surface area contributed by atoms with Crippen molar-refractivity contribution in [1.29, 1.82) is 0 Å². The molecule has 0 aliphatic carbocycles. The van der Waals surface area contributed by atoms with E-state index in [0.717, 1.165) is 13.0 Å². The van der Waals surface area contributed by atoms with Crippen LogP contribution in [0.5, 0.6) is 0 Å². The van der Waals surface area contributed by atoms with Crippen LogP contribution in [0.4, 0.5) is 0 Å². The lowest BCUT2D eigenvalue weighted by Gasteiger charge is -2.08. The van der Waals surface area contributed by atoms with Gasteiger partial charge in [-0.3, -0.25) is 0 Å². The Morgan fingerprint density at radius 1 is 1.21 bits per heavy atom. The maximum atomic E-state index is 3.74. The van der Waals surface area contributed by atoms with Gasteiger partial charge in [-0.15, -0.1) is 0 Å². The summed E-state index contributed by atoms with van der Waals surface area (Å²) >= 11 is 0. The fraction of sp³-hybridized carbons (Fsp3) is 0.385. The first-order valence-electron chi connectivity index (χ1n) is 5.08. The number of benzene rings is 1. The fourth-order valence-electron chi connectivity index (χ4n) is 1.42. The Labute approximate surface area is 87.1 Å². The van der Waals surface area contributed by atoms with Gasteiger partial charge in [-0.2, -0.15) is 0 Å². The third-order valence-corrected chi connectivity index (χ3v) is 2.29. The Morgan fingerprint density at radius 2 is 1.86 bits per heavy atom. The maximum absolute atomic E-state index is 3.74. The largest absolute Gasteiger partial charge is 0.309 e. The predicted molar refractivity (Wildman–Crippen MR) is 63.4 cm³/mol. The molecule has 0 aliphatic rings. The van der Waals surface area contributed by atoms with E-state index in [9.17, 15) is 0 Å². The molecule has 0 spiro atoms. The van der Waals surface area contributed by atoms with Gasteiger partial charge in [0.1, 0.15) is 0 Å². The van der Waals surface area contributed by atoms with E-state index in [2.05, 4.69) is 49.8 Å². The molecule has 0 unspecified atom stereocenters. The van der Waals surface area contributed by atoms with E-state index >= 15 is 0 Å². The van der Waals surface area contributed by atoms with E-state index < -0.39 is 0 Å². The lowest BCUT2D eigenvalue weighted by Crippen LogP contribution is -2.13. The van der Waals surface area contributed by atoms with Crippen molar-refractivity contribution in [2.75, 3.05) is 20.6 Å². The van der Waals surface area contributed by atoms with E-state index in [1.165, 1.54) is 17.5 Å². The summed E-state index contributed by atoms with van der Waals surface area (Å²) in [5.41, 5.74) is 2.61. The Kier molecular flexibility index (Phi) is 4.41. The standard InChI is InChI=1S/C13H19N/c1-4-12-7-9-13(10-8-12)6-5-11-14(2)3/h4,7-10H,1,5-6,11H2,2-3H3. The van der Waals surface area contributed by atoms with Crippen LogP contribution in [-0.4, -0.2) is 25.5 Å². The quantitative estimate of drug-likeness (QED) is 0.688. The fourth-order valence-corrected chi connectivity index (χ4v) is 1.42. The Hall–Kier alpha value is -1.08. The van der Waals surface area contributed by atoms with Gasteiger partial charge in [0.15, 0.2) is 0 Å². The molecule has 0 fully saturated rings. The Balaban J connectivity index is 2.40. The molecule has 0 aliphatic heterocycles. The van der Waals surface area contributed by atoms with Crippen LogP contribution in [0.3, 0.4) is 0 Å². The van der Waals surface area contributed by atoms with Crippen LogP contribution >= 0.6 is 0 Å². The van der Waals surface area contributed by atoms with E-state index in [-0.39, 0.29) is 0 Å². The molecule has 1 aromatic rings. The van der Waals surface area contributed by atoms with Gasteiger partial charge >= 0.3 is 0 Å². The van der Waals surface area contributed by atoms with Gasteiger partial charge in [0.2, 0.25) is 0 Å². The second-order valence-electron chi connectivity index (χ2n) is 3.85. The van der Waals surface area contributed by atoms with Gasteiger partial charge in [0, 0.05) is 0 Å². The molecule has 0 N–H and O–H groups in total. The van der Waals surface area contributed by atoms with Crippen LogP contribution in [0.25, 0.3) is 6.08 Å². The van der Waals surface area contributed by atoms with E-state index in [1.807, 2.05) is 6.08 Å². The average Bonchev–Trinajstić information content (AvgIpc) is 2.18. The summed E-state index contributed by atoms with van der Waals surface area (Å²) in [4.78, 5) is 2.22. The highest BCUT2D eigenvalue weighted by Crippen LogP contribution is 2.07. The second kappa shape index (κ2) is 5.61. The molecule has 0 saturated carbocycles. The first-order chi connectivity index (χ1) is 6.72. The summed E-state index contributed by atoms with van der Waals surface area (Å²) < 4.78 is 0. The smallest absolute Gasteiger partial charge is 0.00217 e. The van der Waals surface area contributed by atoms with Gasteiger partial charge in [0.25, 0.3) is 0 Å². The molecular formula is C13H19N. The highest BCUT2D eigenvalue weighted by atomic mass is 15.0. The number of aryl methyl sites for hydroxylation is 1. The number of rotatable bonds is 5. The van der Waals surface area contributed by atoms with Crippen LogP contribution in [0.1, 0.15) is 17.5 Å². The van der Waals surface area contributed by atoms with Crippen molar-refractivity contribution in [3.63, 3.8) is 0 Å². The maximum Gasteiger partial charge on any atom is -0.00217 e. The molecule has 0 saturated heterocycles. The van der Waals surface area contributed by atoms with E-state index in [0.29, 0.717) is 0 Å². The minimum absolute atomic E-state index is 1.16. The topological polar surface area (TPSA) is 3.24 Å². The van der Waals surface area contributed by atoms with Gasteiger partial charge in [-0.25, -0.2) is 0 Å². The molecule has 1 rings (SSSR count). The minimum atomic E-state index is 1.16. The molecule has 0 heterocycles. The monoisotopic (exact) mass is 189 g/mol. The summed E-state index contributed by atoms with van der Waals surface area (Å²) in [7, 11) is 4.22.